The van der Waals surface area contributed by atoms with Crippen molar-refractivity contribution < 1.29 is 19.4 Å². The Hall–Kier alpha value is -1.33. The van der Waals surface area contributed by atoms with E-state index in [1.807, 2.05) is 11.8 Å². The van der Waals surface area contributed by atoms with Crippen LogP contribution >= 0.6 is 0 Å². The van der Waals surface area contributed by atoms with Crippen molar-refractivity contribution >= 4 is 5.97 Å². The molecule has 0 saturated heterocycles. The fraction of sp³-hybridized carbons (Fsp3) is 0.583. The topological polar surface area (TPSA) is 73.9 Å². The highest BCUT2D eigenvalue weighted by atomic mass is 16.4. The standard InChI is InChI=1S/C12H19NO4/c1-4-13(8-12(2,3)16)6-10-5-9(7-17-10)11(14)15/h5,7,16H,4,6,8H2,1-3H3,(H,14,15). The lowest BCUT2D eigenvalue weighted by Gasteiger charge is -2.27. The van der Waals surface area contributed by atoms with E-state index in [0.29, 0.717) is 18.8 Å². The molecule has 0 radical (unpaired) electrons. The lowest BCUT2D eigenvalue weighted by atomic mass is 10.1. The second kappa shape index (κ2) is 5.33. The summed E-state index contributed by atoms with van der Waals surface area (Å²) in [6, 6.07) is 1.51. The molecule has 0 aliphatic heterocycles. The summed E-state index contributed by atoms with van der Waals surface area (Å²) in [5.74, 6) is -0.404. The number of likely N-dealkylation sites (N-methyl/N-ethyl adjacent to an activating group) is 1. The van der Waals surface area contributed by atoms with E-state index >= 15 is 0 Å². The van der Waals surface area contributed by atoms with E-state index in [0.717, 1.165) is 6.54 Å². The van der Waals surface area contributed by atoms with Crippen molar-refractivity contribution in [1.29, 1.82) is 0 Å². The number of furan rings is 1. The Kier molecular flexibility index (Phi) is 4.31. The molecule has 0 saturated carbocycles. The predicted molar refractivity (Wildman–Crippen MR) is 62.9 cm³/mol. The minimum atomic E-state index is -0.995. The summed E-state index contributed by atoms with van der Waals surface area (Å²) in [5.41, 5.74) is -0.627. The molecule has 1 heterocycles. The van der Waals surface area contributed by atoms with E-state index in [9.17, 15) is 9.90 Å². The summed E-state index contributed by atoms with van der Waals surface area (Å²) in [7, 11) is 0. The van der Waals surface area contributed by atoms with Gasteiger partial charge < -0.3 is 14.6 Å². The van der Waals surface area contributed by atoms with Crippen molar-refractivity contribution in [3.8, 4) is 0 Å². The zero-order chi connectivity index (χ0) is 13.1. The molecule has 5 nitrogen and oxygen atoms in total. The first kappa shape index (κ1) is 13.7. The average Bonchev–Trinajstić information content (AvgIpc) is 2.63. The van der Waals surface area contributed by atoms with Gasteiger partial charge in [0.05, 0.1) is 17.7 Å². The van der Waals surface area contributed by atoms with Gasteiger partial charge in [0.2, 0.25) is 0 Å². The maximum Gasteiger partial charge on any atom is 0.338 e. The molecule has 2 N–H and O–H groups in total. The van der Waals surface area contributed by atoms with Gasteiger partial charge in [-0.3, -0.25) is 4.90 Å². The normalized spacial score (nSPS) is 12.1. The molecule has 1 aromatic rings. The van der Waals surface area contributed by atoms with Gasteiger partial charge in [-0.05, 0) is 26.5 Å². The zero-order valence-electron chi connectivity index (χ0n) is 10.4. The monoisotopic (exact) mass is 241 g/mol. The molecule has 0 amide bonds. The number of carboxylic acids is 1. The van der Waals surface area contributed by atoms with Gasteiger partial charge in [0, 0.05) is 6.54 Å². The zero-order valence-corrected chi connectivity index (χ0v) is 10.4. The Balaban J connectivity index is 2.64. The largest absolute Gasteiger partial charge is 0.478 e. The molecule has 96 valence electrons. The van der Waals surface area contributed by atoms with Gasteiger partial charge in [0.25, 0.3) is 0 Å². The Morgan fingerprint density at radius 3 is 2.59 bits per heavy atom. The first-order valence-corrected chi connectivity index (χ1v) is 5.57. The summed E-state index contributed by atoms with van der Waals surface area (Å²) in [6.45, 7) is 7.21. The number of carbonyl (C=O) groups is 1. The summed E-state index contributed by atoms with van der Waals surface area (Å²) >= 11 is 0. The van der Waals surface area contributed by atoms with Crippen LogP contribution < -0.4 is 0 Å². The molecule has 1 aromatic heterocycles. The molecule has 0 bridgehead atoms. The maximum absolute atomic E-state index is 10.7. The molecule has 17 heavy (non-hydrogen) atoms. The highest BCUT2D eigenvalue weighted by Gasteiger charge is 2.18. The molecule has 0 aliphatic carbocycles. The quantitative estimate of drug-likeness (QED) is 0.790. The molecule has 0 fully saturated rings. The van der Waals surface area contributed by atoms with Crippen LogP contribution in [0.25, 0.3) is 0 Å². The second-order valence-corrected chi connectivity index (χ2v) is 4.72. The lowest BCUT2D eigenvalue weighted by molar-refractivity contribution is 0.0333. The summed E-state index contributed by atoms with van der Waals surface area (Å²) in [4.78, 5) is 12.7. The van der Waals surface area contributed by atoms with Crippen LogP contribution in [-0.4, -0.2) is 39.8 Å². The van der Waals surface area contributed by atoms with Crippen molar-refractivity contribution in [1.82, 2.24) is 4.90 Å². The summed E-state index contributed by atoms with van der Waals surface area (Å²) in [6.07, 6.45) is 1.23. The Labute approximate surface area is 101 Å². The van der Waals surface area contributed by atoms with Crippen LogP contribution in [0, 0.1) is 0 Å². The number of rotatable bonds is 6. The molecule has 5 heteroatoms. The van der Waals surface area contributed by atoms with Crippen molar-refractivity contribution in [2.75, 3.05) is 13.1 Å². The third-order valence-corrected chi connectivity index (χ3v) is 2.34. The van der Waals surface area contributed by atoms with E-state index in [-0.39, 0.29) is 5.56 Å². The van der Waals surface area contributed by atoms with Gasteiger partial charge in [-0.1, -0.05) is 6.92 Å². The van der Waals surface area contributed by atoms with Gasteiger partial charge in [0.15, 0.2) is 0 Å². The van der Waals surface area contributed by atoms with Gasteiger partial charge in [-0.2, -0.15) is 0 Å². The predicted octanol–water partition coefficient (Wildman–Crippen LogP) is 1.57. The van der Waals surface area contributed by atoms with Crippen molar-refractivity contribution in [2.45, 2.75) is 32.9 Å². The highest BCUT2D eigenvalue weighted by Crippen LogP contribution is 2.13. The van der Waals surface area contributed by atoms with E-state index in [1.165, 1.54) is 12.3 Å². The number of aromatic carboxylic acids is 1. The van der Waals surface area contributed by atoms with Crippen molar-refractivity contribution in [3.05, 3.63) is 23.7 Å². The molecule has 1 rings (SSSR count). The number of aliphatic hydroxyl groups is 1. The van der Waals surface area contributed by atoms with Crippen LogP contribution in [0.4, 0.5) is 0 Å². The third-order valence-electron chi connectivity index (χ3n) is 2.34. The molecule has 0 spiro atoms. The van der Waals surface area contributed by atoms with E-state index in [4.69, 9.17) is 9.52 Å². The number of hydrogen-bond acceptors (Lipinski definition) is 4. The smallest absolute Gasteiger partial charge is 0.338 e. The van der Waals surface area contributed by atoms with Gasteiger partial charge in [0.1, 0.15) is 12.0 Å². The fourth-order valence-corrected chi connectivity index (χ4v) is 1.62. The Morgan fingerprint density at radius 1 is 1.53 bits per heavy atom. The van der Waals surface area contributed by atoms with Crippen LogP contribution in [-0.2, 0) is 6.54 Å². The molecular formula is C12H19NO4. The van der Waals surface area contributed by atoms with Crippen LogP contribution in [0.3, 0.4) is 0 Å². The van der Waals surface area contributed by atoms with Crippen LogP contribution in [0.1, 0.15) is 36.9 Å². The molecule has 0 unspecified atom stereocenters. The lowest BCUT2D eigenvalue weighted by Crippen LogP contribution is -2.38. The first-order chi connectivity index (χ1) is 7.81. The SMILES string of the molecule is CCN(Cc1cc(C(=O)O)co1)CC(C)(C)O. The number of hydrogen-bond donors (Lipinski definition) is 2. The van der Waals surface area contributed by atoms with Gasteiger partial charge in [-0.25, -0.2) is 4.79 Å². The molecule has 0 aliphatic rings. The first-order valence-electron chi connectivity index (χ1n) is 5.57. The molecule has 0 aromatic carbocycles. The summed E-state index contributed by atoms with van der Waals surface area (Å²) in [5, 5.41) is 18.5. The van der Waals surface area contributed by atoms with E-state index in [1.54, 1.807) is 13.8 Å². The van der Waals surface area contributed by atoms with Gasteiger partial charge >= 0.3 is 5.97 Å². The van der Waals surface area contributed by atoms with Crippen molar-refractivity contribution in [3.63, 3.8) is 0 Å². The Morgan fingerprint density at radius 2 is 2.18 bits per heavy atom. The molecular weight excluding hydrogens is 222 g/mol. The Bertz CT molecular complexity index is 378. The fourth-order valence-electron chi connectivity index (χ4n) is 1.62. The third kappa shape index (κ3) is 4.58. The van der Waals surface area contributed by atoms with Crippen LogP contribution in [0.5, 0.6) is 0 Å². The minimum Gasteiger partial charge on any atom is -0.478 e. The van der Waals surface area contributed by atoms with Crippen molar-refractivity contribution in [2.24, 2.45) is 0 Å². The van der Waals surface area contributed by atoms with Crippen LogP contribution in [0.2, 0.25) is 0 Å². The van der Waals surface area contributed by atoms with E-state index in [2.05, 4.69) is 0 Å². The van der Waals surface area contributed by atoms with Crippen LogP contribution in [0.15, 0.2) is 16.7 Å². The van der Waals surface area contributed by atoms with E-state index < -0.39 is 11.6 Å². The maximum atomic E-state index is 10.7. The number of nitrogens with zero attached hydrogens (tertiary/aromatic N) is 1. The van der Waals surface area contributed by atoms with Gasteiger partial charge in [-0.15, -0.1) is 0 Å². The second-order valence-electron chi connectivity index (χ2n) is 4.72. The average molecular weight is 241 g/mol. The summed E-state index contributed by atoms with van der Waals surface area (Å²) < 4.78 is 5.17. The highest BCUT2D eigenvalue weighted by molar-refractivity contribution is 5.87. The molecule has 0 atom stereocenters. The minimum absolute atomic E-state index is 0.152. The number of carboxylic acid groups (broad SMARTS) is 1.